The van der Waals surface area contributed by atoms with Crippen molar-refractivity contribution in [2.45, 2.75) is 51.5 Å². The van der Waals surface area contributed by atoms with E-state index in [-0.39, 0.29) is 0 Å². The van der Waals surface area contributed by atoms with Gasteiger partial charge in [0.25, 0.3) is 0 Å². The molecule has 2 nitrogen and oxygen atoms in total. The van der Waals surface area contributed by atoms with Crippen molar-refractivity contribution in [2.75, 3.05) is 0 Å². The zero-order valence-corrected chi connectivity index (χ0v) is 12.7. The number of halogens is 1. The van der Waals surface area contributed by atoms with E-state index < -0.39 is 0 Å². The summed E-state index contributed by atoms with van der Waals surface area (Å²) in [6.07, 6.45) is 7.73. The van der Waals surface area contributed by atoms with Crippen LogP contribution in [0.5, 0.6) is 0 Å². The Morgan fingerprint density at radius 2 is 2.18 bits per heavy atom. The number of nitrogens with one attached hydrogen (secondary N) is 1. The van der Waals surface area contributed by atoms with Crippen LogP contribution >= 0.6 is 27.3 Å². The summed E-state index contributed by atoms with van der Waals surface area (Å²) in [5.41, 5.74) is 3.43. The maximum absolute atomic E-state index is 5.79. The second-order valence-electron chi connectivity index (χ2n) is 5.37. The van der Waals surface area contributed by atoms with Gasteiger partial charge in [0, 0.05) is 20.8 Å². The molecule has 1 heterocycles. The molecule has 3 N–H and O–H groups in total. The van der Waals surface area contributed by atoms with Gasteiger partial charge in [0.15, 0.2) is 0 Å². The van der Waals surface area contributed by atoms with Crippen molar-refractivity contribution in [3.63, 3.8) is 0 Å². The van der Waals surface area contributed by atoms with Crippen LogP contribution in [0.1, 0.15) is 43.9 Å². The largest absolute Gasteiger partial charge is 0.271 e. The van der Waals surface area contributed by atoms with Crippen LogP contribution < -0.4 is 11.3 Å². The predicted molar refractivity (Wildman–Crippen MR) is 78.0 cm³/mol. The summed E-state index contributed by atoms with van der Waals surface area (Å²) in [5.74, 6) is 5.79. The molecule has 4 heteroatoms. The number of hydrogen-bond acceptors (Lipinski definition) is 3. The van der Waals surface area contributed by atoms with E-state index in [1.807, 2.05) is 11.3 Å². The molecule has 2 rings (SSSR count). The maximum Gasteiger partial charge on any atom is 0.0312 e. The molecule has 0 bridgehead atoms. The second-order valence-corrected chi connectivity index (χ2v) is 7.28. The van der Waals surface area contributed by atoms with Crippen LogP contribution in [0.25, 0.3) is 0 Å². The third-order valence-electron chi connectivity index (χ3n) is 4.07. The first-order valence-corrected chi connectivity index (χ1v) is 8.00. The highest BCUT2D eigenvalue weighted by Gasteiger charge is 2.34. The molecule has 0 aliphatic heterocycles. The van der Waals surface area contributed by atoms with Gasteiger partial charge in [-0.25, -0.2) is 0 Å². The lowest BCUT2D eigenvalue weighted by Gasteiger charge is -2.40. The quantitative estimate of drug-likeness (QED) is 0.654. The van der Waals surface area contributed by atoms with Gasteiger partial charge >= 0.3 is 0 Å². The van der Waals surface area contributed by atoms with Gasteiger partial charge in [0.05, 0.1) is 0 Å². The van der Waals surface area contributed by atoms with Crippen LogP contribution in [0, 0.1) is 5.41 Å². The SMILES string of the molecule is CC1(C(Cc2cc(Br)cs2)NN)CCCCC1. The molecule has 1 aliphatic carbocycles. The molecule has 1 atom stereocenters. The van der Waals surface area contributed by atoms with Gasteiger partial charge < -0.3 is 0 Å². The third-order valence-corrected chi connectivity index (χ3v) is 5.79. The molecule has 0 radical (unpaired) electrons. The molecule has 17 heavy (non-hydrogen) atoms. The Kier molecular flexibility index (Phi) is 4.64. The van der Waals surface area contributed by atoms with E-state index in [4.69, 9.17) is 5.84 Å². The molecule has 1 fully saturated rings. The first kappa shape index (κ1) is 13.5. The van der Waals surface area contributed by atoms with Crippen molar-refractivity contribution in [3.8, 4) is 0 Å². The standard InChI is InChI=1S/C13H21BrN2S/c1-13(5-3-2-4-6-13)12(16-15)8-11-7-10(14)9-17-11/h7,9,12,16H,2-6,8,15H2,1H3. The molecule has 1 aromatic heterocycles. The minimum atomic E-state index is 0.365. The van der Waals surface area contributed by atoms with Crippen molar-refractivity contribution in [2.24, 2.45) is 11.3 Å². The third kappa shape index (κ3) is 3.31. The van der Waals surface area contributed by atoms with E-state index in [1.54, 1.807) is 0 Å². The van der Waals surface area contributed by atoms with Crippen molar-refractivity contribution >= 4 is 27.3 Å². The fourth-order valence-electron chi connectivity index (χ4n) is 2.88. The summed E-state index contributed by atoms with van der Waals surface area (Å²) < 4.78 is 1.18. The normalized spacial score (nSPS) is 21.4. The monoisotopic (exact) mass is 316 g/mol. The summed E-state index contributed by atoms with van der Waals surface area (Å²) >= 11 is 5.33. The van der Waals surface area contributed by atoms with Gasteiger partial charge in [-0.05, 0) is 46.7 Å². The first-order valence-electron chi connectivity index (χ1n) is 6.33. The van der Waals surface area contributed by atoms with Crippen LogP contribution in [0.2, 0.25) is 0 Å². The van der Waals surface area contributed by atoms with Gasteiger partial charge in [0.1, 0.15) is 0 Å². The second kappa shape index (κ2) is 5.83. The summed E-state index contributed by atoms with van der Waals surface area (Å²) in [6.45, 7) is 2.39. The Hall–Kier alpha value is 0.1000. The molecule has 96 valence electrons. The van der Waals surface area contributed by atoms with Crippen LogP contribution in [0.4, 0.5) is 0 Å². The zero-order valence-electron chi connectivity index (χ0n) is 10.3. The Morgan fingerprint density at radius 1 is 1.47 bits per heavy atom. The van der Waals surface area contributed by atoms with Crippen LogP contribution in [0.3, 0.4) is 0 Å². The van der Waals surface area contributed by atoms with E-state index in [2.05, 4.69) is 39.7 Å². The molecule has 1 saturated carbocycles. The predicted octanol–water partition coefficient (Wildman–Crippen LogP) is 3.86. The average Bonchev–Trinajstić information content (AvgIpc) is 2.72. The summed E-state index contributed by atoms with van der Waals surface area (Å²) in [6, 6.07) is 2.61. The van der Waals surface area contributed by atoms with Crippen LogP contribution in [0.15, 0.2) is 15.9 Å². The Morgan fingerprint density at radius 3 is 2.71 bits per heavy atom. The number of rotatable bonds is 4. The van der Waals surface area contributed by atoms with Gasteiger partial charge in [-0.1, -0.05) is 26.2 Å². The van der Waals surface area contributed by atoms with Crippen molar-refractivity contribution in [3.05, 3.63) is 20.8 Å². The zero-order chi connectivity index (χ0) is 12.3. The van der Waals surface area contributed by atoms with Crippen LogP contribution in [-0.2, 0) is 6.42 Å². The number of hydrogen-bond donors (Lipinski definition) is 2. The van der Waals surface area contributed by atoms with Crippen molar-refractivity contribution in [1.29, 1.82) is 0 Å². The fraction of sp³-hybridized carbons (Fsp3) is 0.692. The van der Waals surface area contributed by atoms with E-state index in [0.29, 0.717) is 11.5 Å². The highest BCUT2D eigenvalue weighted by Crippen LogP contribution is 2.40. The molecule has 0 saturated heterocycles. The molecule has 1 aromatic rings. The Labute approximate surface area is 116 Å². The lowest BCUT2D eigenvalue weighted by atomic mass is 9.70. The number of thiophene rings is 1. The molecule has 1 unspecified atom stereocenters. The summed E-state index contributed by atoms with van der Waals surface area (Å²) in [7, 11) is 0. The van der Waals surface area contributed by atoms with E-state index in [0.717, 1.165) is 6.42 Å². The van der Waals surface area contributed by atoms with Gasteiger partial charge in [-0.2, -0.15) is 0 Å². The highest BCUT2D eigenvalue weighted by atomic mass is 79.9. The van der Waals surface area contributed by atoms with Gasteiger partial charge in [-0.3, -0.25) is 11.3 Å². The lowest BCUT2D eigenvalue weighted by Crippen LogP contribution is -2.49. The Bertz CT molecular complexity index is 358. The molecule has 0 spiro atoms. The molecule has 1 aliphatic rings. The summed E-state index contributed by atoms with van der Waals surface area (Å²) in [5, 5.41) is 2.14. The molecular weight excluding hydrogens is 296 g/mol. The average molecular weight is 317 g/mol. The van der Waals surface area contributed by atoms with E-state index in [9.17, 15) is 0 Å². The lowest BCUT2D eigenvalue weighted by molar-refractivity contribution is 0.144. The molecular formula is C13H21BrN2S. The topological polar surface area (TPSA) is 38.0 Å². The maximum atomic E-state index is 5.79. The Balaban J connectivity index is 2.05. The van der Waals surface area contributed by atoms with E-state index in [1.165, 1.54) is 41.5 Å². The van der Waals surface area contributed by atoms with Gasteiger partial charge in [0.2, 0.25) is 0 Å². The molecule has 0 aromatic carbocycles. The molecule has 0 amide bonds. The van der Waals surface area contributed by atoms with Crippen molar-refractivity contribution < 1.29 is 0 Å². The number of hydrazine groups is 1. The smallest absolute Gasteiger partial charge is 0.0312 e. The minimum absolute atomic E-state index is 0.365. The van der Waals surface area contributed by atoms with Crippen LogP contribution in [-0.4, -0.2) is 6.04 Å². The highest BCUT2D eigenvalue weighted by molar-refractivity contribution is 9.10. The van der Waals surface area contributed by atoms with E-state index >= 15 is 0 Å². The minimum Gasteiger partial charge on any atom is -0.271 e. The van der Waals surface area contributed by atoms with Gasteiger partial charge in [-0.15, -0.1) is 11.3 Å². The fourth-order valence-corrected chi connectivity index (χ4v) is 4.37. The number of nitrogens with two attached hydrogens (primary N) is 1. The summed E-state index contributed by atoms with van der Waals surface area (Å²) in [4.78, 5) is 1.41. The van der Waals surface area contributed by atoms with Crippen molar-refractivity contribution in [1.82, 2.24) is 5.43 Å². The first-order chi connectivity index (χ1) is 8.14.